The topological polar surface area (TPSA) is 20.3 Å². The van der Waals surface area contributed by atoms with Crippen molar-refractivity contribution in [3.63, 3.8) is 0 Å². The summed E-state index contributed by atoms with van der Waals surface area (Å²) in [6.07, 6.45) is 4.08. The Balaban J connectivity index is 0.00000288. The molecule has 0 aliphatic carbocycles. The van der Waals surface area contributed by atoms with Gasteiger partial charge in [0.2, 0.25) is 0 Å². The van der Waals surface area contributed by atoms with Gasteiger partial charge in [-0.15, -0.1) is 25.6 Å². The van der Waals surface area contributed by atoms with Crippen LogP contribution in [0.1, 0.15) is 17.2 Å². The van der Waals surface area contributed by atoms with E-state index < -0.39 is 0 Å². The smallest absolute Gasteiger partial charge is 0.158 e. The SMILES string of the molecule is C=CCN(CC=C)C(C(=O)Cc1ccccc1)c1ccccc1.Cl. The summed E-state index contributed by atoms with van der Waals surface area (Å²) in [7, 11) is 0. The van der Waals surface area contributed by atoms with E-state index in [0.29, 0.717) is 19.5 Å². The number of Topliss-reactive ketones (excluding diaryl/α,β-unsaturated/α-hetero) is 1. The minimum Gasteiger partial charge on any atom is -0.297 e. The number of halogens is 1. The Hall–Kier alpha value is -2.16. The van der Waals surface area contributed by atoms with Crippen molar-refractivity contribution in [2.45, 2.75) is 12.5 Å². The quantitative estimate of drug-likeness (QED) is 0.619. The van der Waals surface area contributed by atoms with Crippen molar-refractivity contribution in [2.24, 2.45) is 0 Å². The summed E-state index contributed by atoms with van der Waals surface area (Å²) in [5.74, 6) is 0.186. The third kappa shape index (κ3) is 5.48. The maximum absolute atomic E-state index is 13.0. The fourth-order valence-electron chi connectivity index (χ4n) is 2.75. The van der Waals surface area contributed by atoms with Crippen molar-refractivity contribution < 1.29 is 4.79 Å². The zero-order chi connectivity index (χ0) is 16.5. The summed E-state index contributed by atoms with van der Waals surface area (Å²) < 4.78 is 0. The van der Waals surface area contributed by atoms with Crippen LogP contribution in [0.3, 0.4) is 0 Å². The lowest BCUT2D eigenvalue weighted by atomic mass is 9.96. The van der Waals surface area contributed by atoms with Gasteiger partial charge >= 0.3 is 0 Å². The van der Waals surface area contributed by atoms with E-state index in [2.05, 4.69) is 18.1 Å². The maximum Gasteiger partial charge on any atom is 0.158 e. The third-order valence-corrected chi connectivity index (χ3v) is 3.73. The van der Waals surface area contributed by atoms with Crippen molar-refractivity contribution in [3.05, 3.63) is 97.1 Å². The van der Waals surface area contributed by atoms with E-state index in [1.165, 1.54) is 0 Å². The van der Waals surface area contributed by atoms with Gasteiger partial charge < -0.3 is 0 Å². The van der Waals surface area contributed by atoms with Crippen LogP contribution in [-0.2, 0) is 11.2 Å². The van der Waals surface area contributed by atoms with E-state index in [-0.39, 0.29) is 24.2 Å². The van der Waals surface area contributed by atoms with Gasteiger partial charge in [0.1, 0.15) is 0 Å². The van der Waals surface area contributed by atoms with Gasteiger partial charge in [-0.05, 0) is 11.1 Å². The zero-order valence-electron chi connectivity index (χ0n) is 13.8. The van der Waals surface area contributed by atoms with Crippen LogP contribution in [0.4, 0.5) is 0 Å². The molecule has 2 aromatic rings. The minimum atomic E-state index is -0.285. The highest BCUT2D eigenvalue weighted by molar-refractivity contribution is 5.87. The second-order valence-electron chi connectivity index (χ2n) is 5.47. The van der Waals surface area contributed by atoms with Gasteiger partial charge in [0.15, 0.2) is 5.78 Å². The van der Waals surface area contributed by atoms with Gasteiger partial charge in [-0.2, -0.15) is 0 Å². The Morgan fingerprint density at radius 1 is 0.917 bits per heavy atom. The van der Waals surface area contributed by atoms with Crippen LogP contribution in [0.15, 0.2) is 86.0 Å². The van der Waals surface area contributed by atoms with E-state index in [1.54, 1.807) is 0 Å². The molecule has 0 amide bonds. The van der Waals surface area contributed by atoms with Gasteiger partial charge in [0.05, 0.1) is 6.04 Å². The van der Waals surface area contributed by atoms with E-state index in [4.69, 9.17) is 0 Å². The van der Waals surface area contributed by atoms with Crippen molar-refractivity contribution >= 4 is 18.2 Å². The van der Waals surface area contributed by atoms with Gasteiger partial charge in [0.25, 0.3) is 0 Å². The molecule has 1 unspecified atom stereocenters. The fourth-order valence-corrected chi connectivity index (χ4v) is 2.75. The van der Waals surface area contributed by atoms with Crippen molar-refractivity contribution in [3.8, 4) is 0 Å². The predicted octanol–water partition coefficient (Wildman–Crippen LogP) is 4.64. The number of ketones is 1. The molecule has 24 heavy (non-hydrogen) atoms. The Morgan fingerprint density at radius 3 is 1.92 bits per heavy atom. The molecule has 1 atom stereocenters. The zero-order valence-corrected chi connectivity index (χ0v) is 14.6. The number of rotatable bonds is 9. The van der Waals surface area contributed by atoms with Crippen LogP contribution in [0.2, 0.25) is 0 Å². The van der Waals surface area contributed by atoms with E-state index >= 15 is 0 Å². The number of carbonyl (C=O) groups is 1. The number of benzene rings is 2. The van der Waals surface area contributed by atoms with Crippen LogP contribution in [0.25, 0.3) is 0 Å². The molecule has 126 valence electrons. The van der Waals surface area contributed by atoms with Crippen molar-refractivity contribution in [1.29, 1.82) is 0 Å². The molecule has 2 aromatic carbocycles. The molecule has 3 heteroatoms. The molecule has 0 aliphatic heterocycles. The molecule has 2 rings (SSSR count). The molecule has 0 spiro atoms. The number of hydrogen-bond acceptors (Lipinski definition) is 2. The normalized spacial score (nSPS) is 11.4. The van der Waals surface area contributed by atoms with E-state index in [0.717, 1.165) is 11.1 Å². The first-order valence-corrected chi connectivity index (χ1v) is 7.83. The number of hydrogen-bond donors (Lipinski definition) is 0. The van der Waals surface area contributed by atoms with Crippen LogP contribution >= 0.6 is 12.4 Å². The largest absolute Gasteiger partial charge is 0.297 e. The van der Waals surface area contributed by atoms with E-state index in [1.807, 2.05) is 72.8 Å². The summed E-state index contributed by atoms with van der Waals surface area (Å²) in [4.78, 5) is 15.1. The Labute approximate surface area is 150 Å². The van der Waals surface area contributed by atoms with Crippen molar-refractivity contribution in [2.75, 3.05) is 13.1 Å². The molecule has 0 fully saturated rings. The molecule has 0 N–H and O–H groups in total. The average molecular weight is 342 g/mol. The Morgan fingerprint density at radius 2 is 1.42 bits per heavy atom. The molecular weight excluding hydrogens is 318 g/mol. The third-order valence-electron chi connectivity index (χ3n) is 3.73. The van der Waals surface area contributed by atoms with Gasteiger partial charge in [0, 0.05) is 19.5 Å². The van der Waals surface area contributed by atoms with Gasteiger partial charge in [-0.25, -0.2) is 0 Å². The average Bonchev–Trinajstić information content (AvgIpc) is 2.57. The molecule has 0 heterocycles. The molecule has 0 aromatic heterocycles. The molecular formula is C21H24ClNO. The molecule has 0 bridgehead atoms. The van der Waals surface area contributed by atoms with Crippen molar-refractivity contribution in [1.82, 2.24) is 4.90 Å². The summed E-state index contributed by atoms with van der Waals surface area (Å²) in [6.45, 7) is 8.92. The lowest BCUT2D eigenvalue weighted by Gasteiger charge is -2.29. The van der Waals surface area contributed by atoms with E-state index in [9.17, 15) is 4.79 Å². The summed E-state index contributed by atoms with van der Waals surface area (Å²) in [5.41, 5.74) is 2.05. The van der Waals surface area contributed by atoms with Gasteiger partial charge in [-0.1, -0.05) is 72.8 Å². The first kappa shape index (κ1) is 19.9. The first-order chi connectivity index (χ1) is 11.3. The number of nitrogens with zero attached hydrogens (tertiary/aromatic N) is 1. The minimum absolute atomic E-state index is 0. The molecule has 0 saturated heterocycles. The predicted molar refractivity (Wildman–Crippen MR) is 104 cm³/mol. The lowest BCUT2D eigenvalue weighted by Crippen LogP contribution is -2.35. The Kier molecular flexibility index (Phi) is 8.77. The molecule has 0 aliphatic rings. The first-order valence-electron chi connectivity index (χ1n) is 7.83. The molecule has 0 radical (unpaired) electrons. The van der Waals surface area contributed by atoms with Crippen LogP contribution < -0.4 is 0 Å². The molecule has 0 saturated carbocycles. The standard InChI is InChI=1S/C21H23NO.ClH/c1-3-15-22(16-4-2)21(19-13-9-6-10-14-19)20(23)17-18-11-7-5-8-12-18;/h3-14,21H,1-2,15-17H2;1H. The van der Waals surface area contributed by atoms with Gasteiger partial charge in [-0.3, -0.25) is 9.69 Å². The fraction of sp³-hybridized carbons (Fsp3) is 0.190. The second-order valence-corrected chi connectivity index (χ2v) is 5.47. The second kappa shape index (κ2) is 10.6. The van der Waals surface area contributed by atoms with Crippen LogP contribution in [0, 0.1) is 0 Å². The highest BCUT2D eigenvalue weighted by atomic mass is 35.5. The summed E-state index contributed by atoms with van der Waals surface area (Å²) in [6, 6.07) is 19.5. The van der Waals surface area contributed by atoms with Crippen LogP contribution in [-0.4, -0.2) is 23.8 Å². The number of carbonyl (C=O) groups excluding carboxylic acids is 1. The van der Waals surface area contributed by atoms with Crippen LogP contribution in [0.5, 0.6) is 0 Å². The molecule has 2 nitrogen and oxygen atoms in total. The monoisotopic (exact) mass is 341 g/mol. The summed E-state index contributed by atoms with van der Waals surface area (Å²) >= 11 is 0. The summed E-state index contributed by atoms with van der Waals surface area (Å²) in [5, 5.41) is 0. The lowest BCUT2D eigenvalue weighted by molar-refractivity contribution is -0.123. The Bertz CT molecular complexity index is 629. The maximum atomic E-state index is 13.0. The highest BCUT2D eigenvalue weighted by Crippen LogP contribution is 2.23. The highest BCUT2D eigenvalue weighted by Gasteiger charge is 2.26.